The third kappa shape index (κ3) is 1.58. The Labute approximate surface area is 89.9 Å². The zero-order valence-corrected chi connectivity index (χ0v) is 9.70. The van der Waals surface area contributed by atoms with E-state index in [1.807, 2.05) is 11.7 Å². The highest BCUT2D eigenvalue weighted by Gasteiger charge is 2.15. The second-order valence-corrected chi connectivity index (χ2v) is 4.99. The molecule has 0 fully saturated rings. The first-order chi connectivity index (χ1) is 6.89. The molecule has 0 saturated carbocycles. The van der Waals surface area contributed by atoms with Gasteiger partial charge in [0, 0.05) is 12.4 Å². The molecule has 1 aromatic heterocycles. The molecule has 0 atom stereocenters. The van der Waals surface area contributed by atoms with Gasteiger partial charge in [-0.25, -0.2) is 0 Å². The van der Waals surface area contributed by atoms with Gasteiger partial charge in [0.05, 0.1) is 5.52 Å². The maximum Gasteiger partial charge on any atom is 0.153 e. The van der Waals surface area contributed by atoms with Crippen LogP contribution in [0.5, 0.6) is 0 Å². The minimum absolute atomic E-state index is 0.149. The molecule has 0 aliphatic rings. The Balaban J connectivity index is 2.71. The number of aryl methyl sites for hydroxylation is 1. The fraction of sp³-hybridized carbons (Fsp3) is 0.417. The molecule has 2 rings (SSSR count). The van der Waals surface area contributed by atoms with Crippen LogP contribution in [0.3, 0.4) is 0 Å². The van der Waals surface area contributed by atoms with Gasteiger partial charge < -0.3 is 5.73 Å². The molecule has 80 valence electrons. The van der Waals surface area contributed by atoms with Gasteiger partial charge in [0.15, 0.2) is 5.82 Å². The van der Waals surface area contributed by atoms with Crippen molar-refractivity contribution in [2.45, 2.75) is 26.2 Å². The Hall–Kier alpha value is -1.51. The number of fused-ring (bicyclic) bond motifs is 1. The molecule has 0 aliphatic heterocycles. The number of nitrogens with two attached hydrogens (primary N) is 1. The van der Waals surface area contributed by atoms with Crippen molar-refractivity contribution in [1.82, 2.24) is 9.78 Å². The maximum atomic E-state index is 5.86. The van der Waals surface area contributed by atoms with Gasteiger partial charge in [-0.15, -0.1) is 0 Å². The number of hydrogen-bond acceptors (Lipinski definition) is 2. The Kier molecular flexibility index (Phi) is 2.00. The summed E-state index contributed by atoms with van der Waals surface area (Å²) in [6, 6.07) is 6.36. The molecular formula is C12H17N3. The molecule has 3 heteroatoms. The van der Waals surface area contributed by atoms with Crippen molar-refractivity contribution in [2.75, 3.05) is 5.73 Å². The van der Waals surface area contributed by atoms with E-state index in [1.165, 1.54) is 5.56 Å². The van der Waals surface area contributed by atoms with Gasteiger partial charge in [-0.3, -0.25) is 4.68 Å². The highest BCUT2D eigenvalue weighted by atomic mass is 15.3. The lowest BCUT2D eigenvalue weighted by Crippen LogP contribution is -2.10. The fourth-order valence-electron chi connectivity index (χ4n) is 1.76. The highest BCUT2D eigenvalue weighted by Crippen LogP contribution is 2.28. The number of rotatable bonds is 0. The van der Waals surface area contributed by atoms with Crippen LogP contribution in [-0.4, -0.2) is 9.78 Å². The summed E-state index contributed by atoms with van der Waals surface area (Å²) < 4.78 is 1.82. The maximum absolute atomic E-state index is 5.86. The standard InChI is InChI=1S/C12H17N3/c1-12(2,3)8-5-6-10-9(7-8)11(13)14-15(10)4/h5-7H,1-4H3,(H2,13,14). The average molecular weight is 203 g/mol. The first kappa shape index (κ1) is 10.0. The summed E-state index contributed by atoms with van der Waals surface area (Å²) in [6.07, 6.45) is 0. The van der Waals surface area contributed by atoms with E-state index in [4.69, 9.17) is 5.73 Å². The summed E-state index contributed by atoms with van der Waals surface area (Å²) in [5, 5.41) is 5.25. The van der Waals surface area contributed by atoms with Gasteiger partial charge >= 0.3 is 0 Å². The fourth-order valence-corrected chi connectivity index (χ4v) is 1.76. The summed E-state index contributed by atoms with van der Waals surface area (Å²) in [5.41, 5.74) is 8.38. The van der Waals surface area contributed by atoms with Crippen molar-refractivity contribution in [3.05, 3.63) is 23.8 Å². The van der Waals surface area contributed by atoms with E-state index in [0.717, 1.165) is 10.9 Å². The minimum atomic E-state index is 0.149. The lowest BCUT2D eigenvalue weighted by Gasteiger charge is -2.18. The van der Waals surface area contributed by atoms with Crippen molar-refractivity contribution >= 4 is 16.7 Å². The van der Waals surface area contributed by atoms with Gasteiger partial charge in [0.25, 0.3) is 0 Å². The smallest absolute Gasteiger partial charge is 0.153 e. The second kappa shape index (κ2) is 2.99. The normalized spacial score (nSPS) is 12.3. The van der Waals surface area contributed by atoms with E-state index in [-0.39, 0.29) is 5.41 Å². The topological polar surface area (TPSA) is 43.8 Å². The molecule has 0 amide bonds. The minimum Gasteiger partial charge on any atom is -0.382 e. The molecule has 0 spiro atoms. The summed E-state index contributed by atoms with van der Waals surface area (Å²) in [6.45, 7) is 6.59. The van der Waals surface area contributed by atoms with Crippen LogP contribution in [-0.2, 0) is 12.5 Å². The Morgan fingerprint density at radius 2 is 1.93 bits per heavy atom. The molecule has 2 N–H and O–H groups in total. The molecule has 0 aliphatic carbocycles. The van der Waals surface area contributed by atoms with Crippen LogP contribution < -0.4 is 5.73 Å². The average Bonchev–Trinajstić information content (AvgIpc) is 2.41. The predicted molar refractivity (Wildman–Crippen MR) is 63.8 cm³/mol. The number of aromatic nitrogens is 2. The number of hydrogen-bond donors (Lipinski definition) is 1. The first-order valence-electron chi connectivity index (χ1n) is 5.12. The largest absolute Gasteiger partial charge is 0.382 e. The van der Waals surface area contributed by atoms with Crippen molar-refractivity contribution in [1.29, 1.82) is 0 Å². The van der Waals surface area contributed by atoms with E-state index in [0.29, 0.717) is 5.82 Å². The first-order valence-corrected chi connectivity index (χ1v) is 5.12. The molecule has 0 bridgehead atoms. The third-order valence-electron chi connectivity index (χ3n) is 2.74. The summed E-state index contributed by atoms with van der Waals surface area (Å²) in [5.74, 6) is 0.610. The van der Waals surface area contributed by atoms with Gasteiger partial charge in [-0.05, 0) is 23.1 Å². The van der Waals surface area contributed by atoms with Crippen molar-refractivity contribution in [3.8, 4) is 0 Å². The van der Waals surface area contributed by atoms with E-state index >= 15 is 0 Å². The van der Waals surface area contributed by atoms with E-state index < -0.39 is 0 Å². The van der Waals surface area contributed by atoms with Gasteiger partial charge in [-0.2, -0.15) is 5.10 Å². The molecule has 2 aromatic rings. The van der Waals surface area contributed by atoms with E-state index in [2.05, 4.69) is 44.1 Å². The lowest BCUT2D eigenvalue weighted by atomic mass is 9.86. The van der Waals surface area contributed by atoms with Crippen molar-refractivity contribution in [3.63, 3.8) is 0 Å². The van der Waals surface area contributed by atoms with Crippen LogP contribution in [0.2, 0.25) is 0 Å². The Bertz CT molecular complexity index is 503. The quantitative estimate of drug-likeness (QED) is 0.714. The van der Waals surface area contributed by atoms with Crippen LogP contribution in [0, 0.1) is 0 Å². The Morgan fingerprint density at radius 1 is 1.27 bits per heavy atom. The lowest BCUT2D eigenvalue weighted by molar-refractivity contribution is 0.591. The number of benzene rings is 1. The van der Waals surface area contributed by atoms with Crippen LogP contribution in [0.4, 0.5) is 5.82 Å². The van der Waals surface area contributed by atoms with Crippen LogP contribution in [0.1, 0.15) is 26.3 Å². The SMILES string of the molecule is Cn1nc(N)c2cc(C(C)(C)C)ccc21. The molecule has 1 aromatic carbocycles. The highest BCUT2D eigenvalue weighted by molar-refractivity contribution is 5.89. The van der Waals surface area contributed by atoms with Crippen LogP contribution in [0.25, 0.3) is 10.9 Å². The number of nitrogen functional groups attached to an aromatic ring is 1. The zero-order chi connectivity index (χ0) is 11.2. The summed E-state index contributed by atoms with van der Waals surface area (Å²) in [4.78, 5) is 0. The van der Waals surface area contributed by atoms with Crippen LogP contribution >= 0.6 is 0 Å². The van der Waals surface area contributed by atoms with E-state index in [9.17, 15) is 0 Å². The molecule has 15 heavy (non-hydrogen) atoms. The monoisotopic (exact) mass is 203 g/mol. The predicted octanol–water partition coefficient (Wildman–Crippen LogP) is 2.45. The molecule has 0 radical (unpaired) electrons. The van der Waals surface area contributed by atoms with E-state index in [1.54, 1.807) is 0 Å². The third-order valence-corrected chi connectivity index (χ3v) is 2.74. The number of anilines is 1. The summed E-state index contributed by atoms with van der Waals surface area (Å²) in [7, 11) is 1.91. The van der Waals surface area contributed by atoms with Gasteiger partial charge in [0.2, 0.25) is 0 Å². The molecule has 0 saturated heterocycles. The molecule has 1 heterocycles. The zero-order valence-electron chi connectivity index (χ0n) is 9.70. The molecular weight excluding hydrogens is 186 g/mol. The summed E-state index contributed by atoms with van der Waals surface area (Å²) >= 11 is 0. The van der Waals surface area contributed by atoms with Crippen molar-refractivity contribution < 1.29 is 0 Å². The molecule has 0 unspecified atom stereocenters. The van der Waals surface area contributed by atoms with Gasteiger partial charge in [0.1, 0.15) is 0 Å². The number of nitrogens with zero attached hydrogens (tertiary/aromatic N) is 2. The molecule has 3 nitrogen and oxygen atoms in total. The van der Waals surface area contributed by atoms with Gasteiger partial charge in [-0.1, -0.05) is 26.8 Å². The van der Waals surface area contributed by atoms with Crippen molar-refractivity contribution in [2.24, 2.45) is 7.05 Å². The van der Waals surface area contributed by atoms with Crippen LogP contribution in [0.15, 0.2) is 18.2 Å². The second-order valence-electron chi connectivity index (χ2n) is 4.99. The Morgan fingerprint density at radius 3 is 2.53 bits per heavy atom.